The molecule has 0 aromatic heterocycles. The van der Waals surface area contributed by atoms with Crippen molar-refractivity contribution in [1.29, 1.82) is 0 Å². The molecule has 2 aromatic rings. The van der Waals surface area contributed by atoms with Crippen LogP contribution in [0.5, 0.6) is 0 Å². The fraction of sp³-hybridized carbons (Fsp3) is 0.486. The van der Waals surface area contributed by atoms with Crippen molar-refractivity contribution in [1.82, 2.24) is 10.6 Å². The Morgan fingerprint density at radius 3 is 1.62 bits per heavy atom. The van der Waals surface area contributed by atoms with Crippen LogP contribution in [0.2, 0.25) is 0 Å². The van der Waals surface area contributed by atoms with Crippen molar-refractivity contribution in [3.63, 3.8) is 0 Å². The summed E-state index contributed by atoms with van der Waals surface area (Å²) < 4.78 is 38.7. The minimum absolute atomic E-state index is 0.551. The van der Waals surface area contributed by atoms with Crippen molar-refractivity contribution in [2.24, 2.45) is 0 Å². The molecule has 1 saturated heterocycles. The summed E-state index contributed by atoms with van der Waals surface area (Å²) in [5.74, 6) is -6.15. The standard InChI is InChI=1S/C37H46N2O14/c1-20(40)47-19-27-30(48-21(2)41)32(50-23(4)43)33(51-24(5)44)35(52-27)39-34(45)31(49-22(3)42)29(38-36(46)53-37(6,7)8)28(25-15-11-9-12-16-25)26-17-13-10-14-18-26/h9-18,27-33,35H,19H2,1-8H3,(H,38,46)(H,39,45)/t27-,29+,30-,31-,32+,33-,35-/m1/s1. The van der Waals surface area contributed by atoms with Crippen molar-refractivity contribution in [2.45, 2.75) is 110 Å². The van der Waals surface area contributed by atoms with Crippen molar-refractivity contribution in [3.05, 3.63) is 71.8 Å². The van der Waals surface area contributed by atoms with E-state index in [9.17, 15) is 33.6 Å². The Hall–Kier alpha value is -5.51. The summed E-state index contributed by atoms with van der Waals surface area (Å²) in [6.07, 6.45) is -10.6. The van der Waals surface area contributed by atoms with Crippen LogP contribution in [-0.4, -0.2) is 96.8 Å². The Balaban J connectivity index is 2.19. The van der Waals surface area contributed by atoms with E-state index in [1.165, 1.54) is 0 Å². The lowest BCUT2D eigenvalue weighted by Gasteiger charge is -2.44. The van der Waals surface area contributed by atoms with Gasteiger partial charge in [-0.15, -0.1) is 0 Å². The first-order chi connectivity index (χ1) is 24.9. The fourth-order valence-electron chi connectivity index (χ4n) is 5.74. The molecule has 1 fully saturated rings. The molecule has 1 heterocycles. The Morgan fingerprint density at radius 1 is 0.679 bits per heavy atom. The van der Waals surface area contributed by atoms with Gasteiger partial charge in [-0.3, -0.25) is 28.8 Å². The molecule has 1 aliphatic heterocycles. The van der Waals surface area contributed by atoms with Crippen LogP contribution in [0, 0.1) is 0 Å². The molecule has 0 radical (unpaired) electrons. The molecule has 7 atom stereocenters. The van der Waals surface area contributed by atoms with E-state index in [-0.39, 0.29) is 0 Å². The second-order valence-electron chi connectivity index (χ2n) is 13.1. The Morgan fingerprint density at radius 2 is 1.17 bits per heavy atom. The third-order valence-electron chi connectivity index (χ3n) is 7.51. The van der Waals surface area contributed by atoms with Gasteiger partial charge in [0.25, 0.3) is 5.91 Å². The van der Waals surface area contributed by atoms with Crippen molar-refractivity contribution in [2.75, 3.05) is 6.61 Å². The van der Waals surface area contributed by atoms with Gasteiger partial charge >= 0.3 is 35.9 Å². The van der Waals surface area contributed by atoms with E-state index >= 15 is 0 Å². The molecular formula is C37H46N2O14. The zero-order valence-electron chi connectivity index (χ0n) is 30.8. The van der Waals surface area contributed by atoms with E-state index in [0.29, 0.717) is 11.1 Å². The average Bonchev–Trinajstić information content (AvgIpc) is 3.04. The average molecular weight is 743 g/mol. The van der Waals surface area contributed by atoms with Crippen LogP contribution < -0.4 is 10.6 Å². The van der Waals surface area contributed by atoms with Gasteiger partial charge in [0.2, 0.25) is 6.10 Å². The number of nitrogens with one attached hydrogen (secondary N) is 2. The highest BCUT2D eigenvalue weighted by atomic mass is 16.7. The zero-order chi connectivity index (χ0) is 39.5. The minimum atomic E-state index is -1.82. The third kappa shape index (κ3) is 12.9. The van der Waals surface area contributed by atoms with Crippen LogP contribution in [0.1, 0.15) is 72.4 Å². The van der Waals surface area contributed by atoms with E-state index in [0.717, 1.165) is 34.6 Å². The SMILES string of the molecule is CC(=O)OC[C@H]1O[C@@H](NC(=O)[C@H](OC(C)=O)[C@@H](NC(=O)OC(C)(C)C)C(c2ccccc2)c2ccccc2)[C@H](OC(C)=O)[C@@H](OC(C)=O)[C@@H]1OC(C)=O. The van der Waals surface area contributed by atoms with E-state index in [1.807, 2.05) is 0 Å². The second kappa shape index (κ2) is 18.8. The largest absolute Gasteiger partial charge is 0.463 e. The van der Waals surface area contributed by atoms with Gasteiger partial charge in [0.1, 0.15) is 18.3 Å². The second-order valence-corrected chi connectivity index (χ2v) is 13.1. The van der Waals surface area contributed by atoms with Crippen LogP contribution in [-0.2, 0) is 61.9 Å². The number of esters is 5. The summed E-state index contributed by atoms with van der Waals surface area (Å²) in [4.78, 5) is 89.3. The molecule has 3 rings (SSSR count). The van der Waals surface area contributed by atoms with Crippen molar-refractivity contribution in [3.8, 4) is 0 Å². The quantitative estimate of drug-likeness (QED) is 0.224. The van der Waals surface area contributed by atoms with Crippen LogP contribution >= 0.6 is 0 Å². The van der Waals surface area contributed by atoms with E-state index < -0.39 is 103 Å². The van der Waals surface area contributed by atoms with Crippen molar-refractivity contribution < 1.29 is 66.7 Å². The summed E-state index contributed by atoms with van der Waals surface area (Å²) in [6, 6.07) is 16.3. The summed E-state index contributed by atoms with van der Waals surface area (Å²) in [5, 5.41) is 5.29. The number of alkyl carbamates (subject to hydrolysis) is 1. The molecule has 0 unspecified atom stereocenters. The molecule has 288 valence electrons. The van der Waals surface area contributed by atoms with Crippen LogP contribution in [0.15, 0.2) is 60.7 Å². The summed E-state index contributed by atoms with van der Waals surface area (Å²) in [6.45, 7) is 9.74. The molecule has 16 nitrogen and oxygen atoms in total. The molecule has 53 heavy (non-hydrogen) atoms. The third-order valence-corrected chi connectivity index (χ3v) is 7.51. The number of hydrogen-bond donors (Lipinski definition) is 2. The molecule has 2 amide bonds. The molecule has 16 heteroatoms. The minimum Gasteiger partial charge on any atom is -0.463 e. The van der Waals surface area contributed by atoms with Crippen LogP contribution in [0.4, 0.5) is 4.79 Å². The molecule has 2 N–H and O–H groups in total. The Bertz CT molecular complexity index is 1570. The monoisotopic (exact) mass is 742 g/mol. The van der Waals surface area contributed by atoms with E-state index in [4.69, 9.17) is 33.2 Å². The summed E-state index contributed by atoms with van der Waals surface area (Å²) >= 11 is 0. The van der Waals surface area contributed by atoms with Gasteiger partial charge in [-0.2, -0.15) is 0 Å². The van der Waals surface area contributed by atoms with Gasteiger partial charge in [-0.25, -0.2) is 4.79 Å². The molecule has 0 aliphatic carbocycles. The number of ether oxygens (including phenoxy) is 7. The first-order valence-electron chi connectivity index (χ1n) is 16.7. The number of benzene rings is 2. The highest BCUT2D eigenvalue weighted by Gasteiger charge is 2.53. The van der Waals surface area contributed by atoms with Gasteiger partial charge in [0.05, 0.1) is 6.04 Å². The fourth-order valence-corrected chi connectivity index (χ4v) is 5.74. The number of rotatable bonds is 13. The van der Waals surface area contributed by atoms with Gasteiger partial charge in [0, 0.05) is 40.5 Å². The highest BCUT2D eigenvalue weighted by molar-refractivity contribution is 5.85. The van der Waals surface area contributed by atoms with Gasteiger partial charge in [-0.1, -0.05) is 60.7 Å². The van der Waals surface area contributed by atoms with E-state index in [2.05, 4.69) is 10.6 Å². The molecule has 0 spiro atoms. The maximum absolute atomic E-state index is 14.5. The van der Waals surface area contributed by atoms with Crippen LogP contribution in [0.25, 0.3) is 0 Å². The number of carbonyl (C=O) groups excluding carboxylic acids is 7. The van der Waals surface area contributed by atoms with Gasteiger partial charge in [0.15, 0.2) is 24.5 Å². The van der Waals surface area contributed by atoms with E-state index in [1.54, 1.807) is 81.4 Å². The smallest absolute Gasteiger partial charge is 0.408 e. The first kappa shape index (κ1) is 41.9. The molecule has 0 bridgehead atoms. The van der Waals surface area contributed by atoms with Crippen LogP contribution in [0.3, 0.4) is 0 Å². The van der Waals surface area contributed by atoms with Crippen molar-refractivity contribution >= 4 is 41.8 Å². The predicted molar refractivity (Wildman–Crippen MR) is 184 cm³/mol. The molecule has 0 saturated carbocycles. The maximum atomic E-state index is 14.5. The topological polar surface area (TPSA) is 208 Å². The lowest BCUT2D eigenvalue weighted by molar-refractivity contribution is -0.257. The number of hydrogen-bond acceptors (Lipinski definition) is 14. The lowest BCUT2D eigenvalue weighted by Crippen LogP contribution is -2.67. The summed E-state index contributed by atoms with van der Waals surface area (Å²) in [7, 11) is 0. The molecule has 2 aromatic carbocycles. The zero-order valence-corrected chi connectivity index (χ0v) is 30.8. The normalized spacial score (nSPS) is 20.8. The molecular weight excluding hydrogens is 696 g/mol. The summed E-state index contributed by atoms with van der Waals surface area (Å²) in [5.41, 5.74) is 0.283. The maximum Gasteiger partial charge on any atom is 0.408 e. The molecule has 1 aliphatic rings. The lowest BCUT2D eigenvalue weighted by atomic mass is 9.82. The van der Waals surface area contributed by atoms with Gasteiger partial charge < -0.3 is 43.8 Å². The first-order valence-corrected chi connectivity index (χ1v) is 16.7. The Kier molecular flexibility index (Phi) is 14.9. The Labute approximate surface area is 307 Å². The number of amides is 2. The number of carbonyl (C=O) groups is 7. The predicted octanol–water partition coefficient (Wildman–Crippen LogP) is 2.84. The van der Waals surface area contributed by atoms with Gasteiger partial charge in [-0.05, 0) is 31.9 Å². The highest BCUT2D eigenvalue weighted by Crippen LogP contribution is 2.33.